The summed E-state index contributed by atoms with van der Waals surface area (Å²) in [4.78, 5) is 35.0. The first-order chi connectivity index (χ1) is 9.42. The molecule has 2 atom stereocenters. The van der Waals surface area contributed by atoms with Gasteiger partial charge >= 0.3 is 12.1 Å². The van der Waals surface area contributed by atoms with E-state index in [-0.39, 0.29) is 6.10 Å². The Bertz CT molecular complexity index is 387. The Morgan fingerprint density at radius 1 is 0.905 bits per heavy atom. The molecule has 21 heavy (non-hydrogen) atoms. The Kier molecular flexibility index (Phi) is 7.18. The summed E-state index contributed by atoms with van der Waals surface area (Å²) in [6, 6.07) is -1.61. The number of hydrogen-bond donors (Lipinski definition) is 2. The average Bonchev–Trinajstić information content (AvgIpc) is 2.24. The highest BCUT2D eigenvalue weighted by atomic mass is 16.6. The lowest BCUT2D eigenvalue weighted by Crippen LogP contribution is -2.50. The Morgan fingerprint density at radius 3 is 1.86 bits per heavy atom. The molecule has 0 fully saturated rings. The Hall–Kier alpha value is -1.79. The fraction of sp³-hybridized carbons (Fsp3) is 0.786. The van der Waals surface area contributed by atoms with E-state index in [1.54, 1.807) is 34.6 Å². The fourth-order valence-corrected chi connectivity index (χ4v) is 1.28. The van der Waals surface area contributed by atoms with Crippen molar-refractivity contribution in [3.8, 4) is 0 Å². The van der Waals surface area contributed by atoms with Crippen LogP contribution in [0.5, 0.6) is 0 Å². The van der Waals surface area contributed by atoms with E-state index in [1.165, 1.54) is 13.8 Å². The van der Waals surface area contributed by atoms with Gasteiger partial charge in [0.1, 0.15) is 17.7 Å². The van der Waals surface area contributed by atoms with Crippen LogP contribution in [0.25, 0.3) is 0 Å². The van der Waals surface area contributed by atoms with E-state index in [4.69, 9.17) is 9.47 Å². The molecule has 0 aromatic carbocycles. The minimum atomic E-state index is -0.825. The molecule has 122 valence electrons. The summed E-state index contributed by atoms with van der Waals surface area (Å²) >= 11 is 0. The van der Waals surface area contributed by atoms with E-state index in [2.05, 4.69) is 10.6 Å². The van der Waals surface area contributed by atoms with Crippen molar-refractivity contribution >= 4 is 18.0 Å². The summed E-state index contributed by atoms with van der Waals surface area (Å²) in [5.74, 6) is -1.02. The van der Waals surface area contributed by atoms with Gasteiger partial charge in [-0.2, -0.15) is 0 Å². The predicted molar refractivity (Wildman–Crippen MR) is 77.7 cm³/mol. The van der Waals surface area contributed by atoms with Crippen molar-refractivity contribution in [1.29, 1.82) is 0 Å². The van der Waals surface area contributed by atoms with Crippen molar-refractivity contribution in [1.82, 2.24) is 10.6 Å². The molecular formula is C14H26N2O5. The van der Waals surface area contributed by atoms with Crippen LogP contribution < -0.4 is 10.6 Å². The first-order valence-electron chi connectivity index (χ1n) is 6.92. The highest BCUT2D eigenvalue weighted by molar-refractivity contribution is 5.89. The minimum absolute atomic E-state index is 0.255. The van der Waals surface area contributed by atoms with E-state index in [0.29, 0.717) is 0 Å². The Labute approximate surface area is 125 Å². The lowest BCUT2D eigenvalue weighted by atomic mass is 10.2. The van der Waals surface area contributed by atoms with Crippen LogP contribution in [0, 0.1) is 0 Å². The van der Waals surface area contributed by atoms with Gasteiger partial charge in [-0.05, 0) is 48.5 Å². The van der Waals surface area contributed by atoms with Crippen molar-refractivity contribution in [2.75, 3.05) is 0 Å². The lowest BCUT2D eigenvalue weighted by Gasteiger charge is -2.22. The molecule has 0 saturated heterocycles. The van der Waals surface area contributed by atoms with Gasteiger partial charge in [-0.1, -0.05) is 0 Å². The highest BCUT2D eigenvalue weighted by Crippen LogP contribution is 2.06. The van der Waals surface area contributed by atoms with Crippen molar-refractivity contribution in [2.45, 2.75) is 72.3 Å². The van der Waals surface area contributed by atoms with Crippen LogP contribution >= 0.6 is 0 Å². The first kappa shape index (κ1) is 19.2. The maximum atomic E-state index is 11.9. The maximum Gasteiger partial charge on any atom is 0.408 e. The molecule has 0 heterocycles. The topological polar surface area (TPSA) is 93.7 Å². The zero-order chi connectivity index (χ0) is 16.8. The van der Waals surface area contributed by atoms with Gasteiger partial charge in [-0.15, -0.1) is 0 Å². The number of amides is 2. The van der Waals surface area contributed by atoms with Gasteiger partial charge in [-0.25, -0.2) is 9.59 Å². The molecular weight excluding hydrogens is 276 g/mol. The highest BCUT2D eigenvalue weighted by Gasteiger charge is 2.24. The standard InChI is InChI=1S/C14H26N2O5/c1-8(2)20-12(18)10(4)15-11(17)9(3)16-13(19)21-14(5,6)7/h8-10H,1-7H3,(H,15,17)(H,16,19)/t9-,10-/m0/s1. The first-order valence-corrected chi connectivity index (χ1v) is 6.92. The molecule has 0 rings (SSSR count). The van der Waals surface area contributed by atoms with Crippen LogP contribution in [-0.4, -0.2) is 41.8 Å². The van der Waals surface area contributed by atoms with Crippen LogP contribution in [0.2, 0.25) is 0 Å². The van der Waals surface area contributed by atoms with Crippen LogP contribution in [0.15, 0.2) is 0 Å². The Morgan fingerprint density at radius 2 is 1.43 bits per heavy atom. The average molecular weight is 302 g/mol. The summed E-state index contributed by atoms with van der Waals surface area (Å²) in [5.41, 5.74) is -0.644. The summed E-state index contributed by atoms with van der Waals surface area (Å²) in [7, 11) is 0. The SMILES string of the molecule is CC(C)OC(=O)[C@H](C)NC(=O)[C@H](C)NC(=O)OC(C)(C)C. The van der Waals surface area contributed by atoms with Gasteiger partial charge in [0, 0.05) is 0 Å². The molecule has 0 unspecified atom stereocenters. The summed E-state index contributed by atoms with van der Waals surface area (Å²) in [5, 5.41) is 4.87. The van der Waals surface area contributed by atoms with E-state index >= 15 is 0 Å². The zero-order valence-corrected chi connectivity index (χ0v) is 13.8. The summed E-state index contributed by atoms with van der Waals surface area (Å²) < 4.78 is 10.0. The third-order valence-electron chi connectivity index (χ3n) is 2.19. The molecule has 0 bridgehead atoms. The molecule has 0 radical (unpaired) electrons. The number of ether oxygens (including phenoxy) is 2. The van der Waals surface area contributed by atoms with E-state index < -0.39 is 35.7 Å². The monoisotopic (exact) mass is 302 g/mol. The molecule has 7 heteroatoms. The van der Waals surface area contributed by atoms with E-state index in [9.17, 15) is 14.4 Å². The number of alkyl carbamates (subject to hydrolysis) is 1. The summed E-state index contributed by atoms with van der Waals surface area (Å²) in [6.07, 6.45) is -0.947. The van der Waals surface area contributed by atoms with Gasteiger partial charge in [0.05, 0.1) is 6.10 Å². The minimum Gasteiger partial charge on any atom is -0.461 e. The number of carbonyl (C=O) groups excluding carboxylic acids is 3. The van der Waals surface area contributed by atoms with Crippen LogP contribution in [0.3, 0.4) is 0 Å². The normalized spacial score (nSPS) is 14.1. The Balaban J connectivity index is 4.33. The van der Waals surface area contributed by atoms with Crippen LogP contribution in [0.4, 0.5) is 4.79 Å². The molecule has 0 aromatic heterocycles. The van der Waals surface area contributed by atoms with Crippen molar-refractivity contribution in [2.24, 2.45) is 0 Å². The molecule has 0 saturated carbocycles. The molecule has 0 aromatic rings. The number of carbonyl (C=O) groups is 3. The number of hydrogen-bond acceptors (Lipinski definition) is 5. The second-order valence-electron chi connectivity index (χ2n) is 6.08. The largest absolute Gasteiger partial charge is 0.461 e. The van der Waals surface area contributed by atoms with Gasteiger partial charge in [0.25, 0.3) is 0 Å². The fourth-order valence-electron chi connectivity index (χ4n) is 1.28. The van der Waals surface area contributed by atoms with E-state index in [0.717, 1.165) is 0 Å². The number of nitrogens with one attached hydrogen (secondary N) is 2. The van der Waals surface area contributed by atoms with Crippen molar-refractivity contribution < 1.29 is 23.9 Å². The summed E-state index contributed by atoms with van der Waals surface area (Å²) in [6.45, 7) is 11.6. The molecule has 7 nitrogen and oxygen atoms in total. The van der Waals surface area contributed by atoms with Crippen molar-refractivity contribution in [3.05, 3.63) is 0 Å². The third-order valence-corrected chi connectivity index (χ3v) is 2.19. The molecule has 2 amide bonds. The van der Waals surface area contributed by atoms with Gasteiger partial charge < -0.3 is 20.1 Å². The number of rotatable bonds is 5. The zero-order valence-electron chi connectivity index (χ0n) is 13.8. The molecule has 0 spiro atoms. The van der Waals surface area contributed by atoms with Gasteiger partial charge in [-0.3, -0.25) is 4.79 Å². The quantitative estimate of drug-likeness (QED) is 0.748. The van der Waals surface area contributed by atoms with Crippen molar-refractivity contribution in [3.63, 3.8) is 0 Å². The maximum absolute atomic E-state index is 11.9. The van der Waals surface area contributed by atoms with Gasteiger partial charge in [0.2, 0.25) is 5.91 Å². The van der Waals surface area contributed by atoms with Crippen LogP contribution in [0.1, 0.15) is 48.5 Å². The smallest absolute Gasteiger partial charge is 0.408 e. The second-order valence-corrected chi connectivity index (χ2v) is 6.08. The molecule has 0 aliphatic rings. The number of esters is 1. The lowest BCUT2D eigenvalue weighted by molar-refractivity contribution is -0.151. The molecule has 0 aliphatic heterocycles. The van der Waals surface area contributed by atoms with Crippen LogP contribution in [-0.2, 0) is 19.1 Å². The second kappa shape index (κ2) is 7.85. The molecule has 2 N–H and O–H groups in total. The third kappa shape index (κ3) is 8.88. The van der Waals surface area contributed by atoms with E-state index in [1.807, 2.05) is 0 Å². The van der Waals surface area contributed by atoms with Gasteiger partial charge in [0.15, 0.2) is 0 Å². The molecule has 0 aliphatic carbocycles. The predicted octanol–water partition coefficient (Wildman–Crippen LogP) is 1.36.